The largest absolute Gasteiger partial charge is 0.496 e. The maximum Gasteiger partial charge on any atom is 0.124 e. The van der Waals surface area contributed by atoms with Gasteiger partial charge in [-0.3, -0.25) is 0 Å². The van der Waals surface area contributed by atoms with E-state index in [1.165, 1.54) is 5.56 Å². The molecular formula is C13H15NOS2. The van der Waals surface area contributed by atoms with Crippen LogP contribution in [0.3, 0.4) is 0 Å². The van der Waals surface area contributed by atoms with Crippen LogP contribution in [0.1, 0.15) is 18.2 Å². The predicted molar refractivity (Wildman–Crippen MR) is 75.5 cm³/mol. The molecule has 0 saturated carbocycles. The molecule has 0 aliphatic heterocycles. The third kappa shape index (κ3) is 2.48. The quantitative estimate of drug-likeness (QED) is 0.848. The topological polar surface area (TPSA) is 22.1 Å². The van der Waals surface area contributed by atoms with E-state index < -0.39 is 0 Å². The van der Waals surface area contributed by atoms with Gasteiger partial charge in [0, 0.05) is 5.56 Å². The van der Waals surface area contributed by atoms with Crippen LogP contribution in [-0.4, -0.2) is 12.1 Å². The highest BCUT2D eigenvalue weighted by molar-refractivity contribution is 7.83. The molecule has 0 aliphatic rings. The molecule has 4 heteroatoms. The fourth-order valence-electron chi connectivity index (χ4n) is 1.70. The lowest BCUT2D eigenvalue weighted by molar-refractivity contribution is 0.410. The molecule has 0 amide bonds. The monoisotopic (exact) mass is 265 g/mol. The third-order valence-electron chi connectivity index (χ3n) is 2.68. The number of thiol groups is 1. The lowest BCUT2D eigenvalue weighted by Crippen LogP contribution is -1.91. The molecule has 1 heterocycles. The van der Waals surface area contributed by atoms with E-state index in [1.54, 1.807) is 18.4 Å². The SMILES string of the molecule is CCc1cc(-c2nc(C)c(S)s2)ccc1OC. The molecule has 0 fully saturated rings. The summed E-state index contributed by atoms with van der Waals surface area (Å²) in [4.78, 5) is 4.51. The zero-order valence-corrected chi connectivity index (χ0v) is 11.9. The minimum atomic E-state index is 0.940. The van der Waals surface area contributed by atoms with Crippen LogP contribution in [0.4, 0.5) is 0 Å². The summed E-state index contributed by atoms with van der Waals surface area (Å²) in [7, 11) is 1.70. The number of aryl methyl sites for hydroxylation is 2. The van der Waals surface area contributed by atoms with Crippen molar-refractivity contribution in [3.63, 3.8) is 0 Å². The van der Waals surface area contributed by atoms with Crippen molar-refractivity contribution < 1.29 is 4.74 Å². The normalized spacial score (nSPS) is 10.6. The molecule has 2 aromatic rings. The number of methoxy groups -OCH3 is 1. The average Bonchev–Trinajstić information content (AvgIpc) is 2.68. The Morgan fingerprint density at radius 3 is 2.71 bits per heavy atom. The Bertz CT molecular complexity index is 515. The number of ether oxygens (including phenoxy) is 1. The molecule has 0 spiro atoms. The second-order valence-electron chi connectivity index (χ2n) is 3.79. The lowest BCUT2D eigenvalue weighted by atomic mass is 10.1. The molecule has 0 radical (unpaired) electrons. The van der Waals surface area contributed by atoms with Gasteiger partial charge in [-0.25, -0.2) is 4.98 Å². The van der Waals surface area contributed by atoms with Crippen molar-refractivity contribution in [2.75, 3.05) is 7.11 Å². The maximum absolute atomic E-state index is 5.32. The Morgan fingerprint density at radius 1 is 1.41 bits per heavy atom. The Kier molecular flexibility index (Phi) is 3.74. The Balaban J connectivity index is 2.46. The van der Waals surface area contributed by atoms with Gasteiger partial charge in [-0.1, -0.05) is 6.92 Å². The summed E-state index contributed by atoms with van der Waals surface area (Å²) in [5.74, 6) is 0.940. The third-order valence-corrected chi connectivity index (χ3v) is 4.29. The number of benzene rings is 1. The van der Waals surface area contributed by atoms with Gasteiger partial charge in [0.1, 0.15) is 10.8 Å². The summed E-state index contributed by atoms with van der Waals surface area (Å²) >= 11 is 6.00. The Labute approximate surface area is 111 Å². The van der Waals surface area contributed by atoms with Gasteiger partial charge in [-0.2, -0.15) is 0 Å². The second kappa shape index (κ2) is 5.10. The van der Waals surface area contributed by atoms with Gasteiger partial charge in [0.15, 0.2) is 0 Å². The van der Waals surface area contributed by atoms with Gasteiger partial charge in [0.25, 0.3) is 0 Å². The molecule has 2 rings (SSSR count). The lowest BCUT2D eigenvalue weighted by Gasteiger charge is -2.07. The maximum atomic E-state index is 5.32. The van der Waals surface area contributed by atoms with Gasteiger partial charge in [-0.15, -0.1) is 24.0 Å². The van der Waals surface area contributed by atoms with Crippen LogP contribution in [0.2, 0.25) is 0 Å². The predicted octanol–water partition coefficient (Wildman–Crippen LogP) is 3.98. The summed E-state index contributed by atoms with van der Waals surface area (Å²) < 4.78 is 6.30. The molecule has 0 unspecified atom stereocenters. The molecule has 0 atom stereocenters. The van der Waals surface area contributed by atoms with Crippen LogP contribution in [0.5, 0.6) is 5.75 Å². The molecule has 90 valence electrons. The van der Waals surface area contributed by atoms with E-state index in [0.29, 0.717) is 0 Å². The van der Waals surface area contributed by atoms with Crippen LogP contribution in [0, 0.1) is 6.92 Å². The van der Waals surface area contributed by atoms with E-state index in [4.69, 9.17) is 4.74 Å². The Hall–Kier alpha value is -1.00. The first-order valence-corrected chi connectivity index (χ1v) is 6.75. The van der Waals surface area contributed by atoms with E-state index in [0.717, 1.165) is 32.6 Å². The molecule has 0 N–H and O–H groups in total. The van der Waals surface area contributed by atoms with Crippen LogP contribution in [0.25, 0.3) is 10.6 Å². The molecule has 17 heavy (non-hydrogen) atoms. The molecule has 1 aromatic carbocycles. The Morgan fingerprint density at radius 2 is 2.18 bits per heavy atom. The first-order valence-electron chi connectivity index (χ1n) is 5.49. The van der Waals surface area contributed by atoms with Crippen molar-refractivity contribution in [3.8, 4) is 16.3 Å². The molecule has 1 aromatic heterocycles. The van der Waals surface area contributed by atoms with Gasteiger partial charge in [0.05, 0.1) is 17.0 Å². The standard InChI is InChI=1S/C13H15NOS2/c1-4-9-7-10(5-6-11(9)15-3)12-14-8(2)13(16)17-12/h5-7,16H,4H2,1-3H3. The van der Waals surface area contributed by atoms with Crippen molar-refractivity contribution >= 4 is 24.0 Å². The van der Waals surface area contributed by atoms with Crippen LogP contribution in [0.15, 0.2) is 22.4 Å². The number of thiazole rings is 1. The molecule has 0 bridgehead atoms. The second-order valence-corrected chi connectivity index (χ2v) is 5.54. The zero-order chi connectivity index (χ0) is 12.4. The number of hydrogen-bond donors (Lipinski definition) is 1. The van der Waals surface area contributed by atoms with Gasteiger partial charge < -0.3 is 4.74 Å². The van der Waals surface area contributed by atoms with Crippen LogP contribution in [-0.2, 0) is 6.42 Å². The zero-order valence-electron chi connectivity index (χ0n) is 10.2. The highest BCUT2D eigenvalue weighted by Crippen LogP contribution is 2.32. The van der Waals surface area contributed by atoms with Gasteiger partial charge >= 0.3 is 0 Å². The van der Waals surface area contributed by atoms with E-state index in [9.17, 15) is 0 Å². The number of rotatable bonds is 3. The summed E-state index contributed by atoms with van der Waals surface area (Å²) in [6.07, 6.45) is 0.953. The van der Waals surface area contributed by atoms with Crippen molar-refractivity contribution in [2.45, 2.75) is 24.5 Å². The summed E-state index contributed by atoms with van der Waals surface area (Å²) in [6.45, 7) is 4.10. The van der Waals surface area contributed by atoms with Crippen molar-refractivity contribution in [1.82, 2.24) is 4.98 Å². The van der Waals surface area contributed by atoms with Crippen molar-refractivity contribution in [2.24, 2.45) is 0 Å². The van der Waals surface area contributed by atoms with E-state index in [2.05, 4.69) is 30.6 Å². The highest BCUT2D eigenvalue weighted by atomic mass is 32.2. The molecule has 0 aliphatic carbocycles. The summed E-state index contributed by atoms with van der Waals surface area (Å²) in [6, 6.07) is 6.19. The highest BCUT2D eigenvalue weighted by Gasteiger charge is 2.09. The van der Waals surface area contributed by atoms with Crippen LogP contribution >= 0.6 is 24.0 Å². The van der Waals surface area contributed by atoms with Gasteiger partial charge in [-0.05, 0) is 37.1 Å². The number of hydrogen-bond acceptors (Lipinski definition) is 4. The minimum Gasteiger partial charge on any atom is -0.496 e. The fraction of sp³-hybridized carbons (Fsp3) is 0.308. The average molecular weight is 265 g/mol. The smallest absolute Gasteiger partial charge is 0.124 e. The van der Waals surface area contributed by atoms with E-state index >= 15 is 0 Å². The fourth-order valence-corrected chi connectivity index (χ4v) is 2.81. The van der Waals surface area contributed by atoms with Crippen LogP contribution < -0.4 is 4.74 Å². The number of aromatic nitrogens is 1. The first-order chi connectivity index (χ1) is 8.15. The van der Waals surface area contributed by atoms with E-state index in [-0.39, 0.29) is 0 Å². The molecule has 0 saturated heterocycles. The summed E-state index contributed by atoms with van der Waals surface area (Å²) in [5, 5.41) is 1.02. The first kappa shape index (κ1) is 12.5. The minimum absolute atomic E-state index is 0.940. The molecule has 2 nitrogen and oxygen atoms in total. The van der Waals surface area contributed by atoms with E-state index in [1.807, 2.05) is 19.1 Å². The molecular weight excluding hydrogens is 250 g/mol. The number of nitrogens with zero attached hydrogens (tertiary/aromatic N) is 1. The summed E-state index contributed by atoms with van der Waals surface area (Å²) in [5.41, 5.74) is 3.33. The van der Waals surface area contributed by atoms with Crippen molar-refractivity contribution in [1.29, 1.82) is 0 Å². The van der Waals surface area contributed by atoms with Gasteiger partial charge in [0.2, 0.25) is 0 Å². The van der Waals surface area contributed by atoms with Crippen molar-refractivity contribution in [3.05, 3.63) is 29.5 Å².